The molecule has 5 atom stereocenters. The Morgan fingerprint density at radius 2 is 1.08 bits per heavy atom. The van der Waals surface area contributed by atoms with Gasteiger partial charge in [0.1, 0.15) is 18.7 Å². The number of hydrogen-bond acceptors (Lipinski definition) is 7. The van der Waals surface area contributed by atoms with Crippen molar-refractivity contribution in [3.05, 3.63) is 138 Å². The summed E-state index contributed by atoms with van der Waals surface area (Å²) in [6, 6.07) is 27.5. The Bertz CT molecular complexity index is 1710. The summed E-state index contributed by atoms with van der Waals surface area (Å²) >= 11 is 0. The first-order valence-electron chi connectivity index (χ1n) is 17.6. The summed E-state index contributed by atoms with van der Waals surface area (Å²) in [5, 5.41) is 23.6. The molecule has 0 aliphatic carbocycles. The number of pyridine rings is 1. The SMILES string of the molecule is CC(C)[C@H](NC(=O)OCc1ccccc1)C(=O)N[C@@H](Cc1ccccc1)[C@H](O)[C@H](Cc1ccccc1)NC(=O)[C@@H](NC(=O)c1cccnc1)C(C)C. The fraction of sp³-hybridized carbons (Fsp3) is 0.341. The minimum atomic E-state index is -1.30. The lowest BCUT2D eigenvalue weighted by molar-refractivity contribution is -0.126. The van der Waals surface area contributed by atoms with Gasteiger partial charge in [-0.2, -0.15) is 0 Å². The number of aliphatic hydroxyl groups is 1. The minimum absolute atomic E-state index is 0.0371. The molecule has 0 saturated heterocycles. The Labute approximate surface area is 305 Å². The highest BCUT2D eigenvalue weighted by molar-refractivity contribution is 5.97. The van der Waals surface area contributed by atoms with Crippen LogP contribution in [0.1, 0.15) is 54.7 Å². The van der Waals surface area contributed by atoms with Gasteiger partial charge in [-0.05, 0) is 53.5 Å². The van der Waals surface area contributed by atoms with Gasteiger partial charge in [-0.15, -0.1) is 0 Å². The Balaban J connectivity index is 1.57. The normalized spacial score (nSPS) is 14.0. The lowest BCUT2D eigenvalue weighted by Gasteiger charge is -2.34. The molecule has 0 aliphatic heterocycles. The van der Waals surface area contributed by atoms with Gasteiger partial charge in [0.05, 0.1) is 23.8 Å². The third-order valence-corrected chi connectivity index (χ3v) is 8.67. The lowest BCUT2D eigenvalue weighted by atomic mass is 9.91. The molecule has 0 bridgehead atoms. The number of ether oxygens (including phenoxy) is 1. The molecule has 0 fully saturated rings. The third-order valence-electron chi connectivity index (χ3n) is 8.67. The van der Waals surface area contributed by atoms with Gasteiger partial charge in [-0.25, -0.2) is 4.79 Å². The molecule has 0 aliphatic rings. The maximum absolute atomic E-state index is 13.9. The molecule has 4 aromatic rings. The second-order valence-electron chi connectivity index (χ2n) is 13.5. The van der Waals surface area contributed by atoms with E-state index in [1.807, 2.05) is 105 Å². The summed E-state index contributed by atoms with van der Waals surface area (Å²) in [6.45, 7) is 7.27. The first-order chi connectivity index (χ1) is 25.0. The number of carbonyl (C=O) groups excluding carboxylic acids is 4. The Hall–Kier alpha value is -5.55. The van der Waals surface area contributed by atoms with Crippen molar-refractivity contribution in [3.8, 4) is 0 Å². The zero-order valence-electron chi connectivity index (χ0n) is 30.1. The molecule has 0 saturated carbocycles. The molecule has 0 unspecified atom stereocenters. The van der Waals surface area contributed by atoms with E-state index in [9.17, 15) is 24.3 Å². The maximum Gasteiger partial charge on any atom is 0.408 e. The monoisotopic (exact) mass is 707 g/mol. The number of carbonyl (C=O) groups is 4. The minimum Gasteiger partial charge on any atom is -0.445 e. The zero-order valence-corrected chi connectivity index (χ0v) is 30.1. The standard InChI is InChI=1S/C41H49N5O6/c1-27(2)35(45-38(48)32-21-14-22-42-25-32)39(49)43-33(23-29-15-8-5-9-16-29)37(47)34(24-30-17-10-6-11-18-30)44-40(50)36(28(3)4)46-41(51)52-26-31-19-12-7-13-20-31/h5-22,25,27-28,33-37,47H,23-24,26H2,1-4H3,(H,43,49)(H,44,50)(H,45,48)(H,46,51)/t33-,34-,35-,36-,37+/m0/s1. The molecule has 0 spiro atoms. The van der Waals surface area contributed by atoms with Gasteiger partial charge in [0, 0.05) is 12.4 Å². The summed E-state index contributed by atoms with van der Waals surface area (Å²) in [5.41, 5.74) is 2.80. The van der Waals surface area contributed by atoms with E-state index in [-0.39, 0.29) is 31.3 Å². The van der Waals surface area contributed by atoms with Gasteiger partial charge >= 0.3 is 6.09 Å². The molecule has 1 heterocycles. The largest absolute Gasteiger partial charge is 0.445 e. The van der Waals surface area contributed by atoms with E-state index >= 15 is 0 Å². The number of alkyl carbamates (subject to hydrolysis) is 1. The number of amides is 4. The van der Waals surface area contributed by atoms with Gasteiger partial charge in [-0.3, -0.25) is 19.4 Å². The van der Waals surface area contributed by atoms with Crippen LogP contribution < -0.4 is 21.3 Å². The molecule has 52 heavy (non-hydrogen) atoms. The highest BCUT2D eigenvalue weighted by Gasteiger charge is 2.35. The van der Waals surface area contributed by atoms with Crippen LogP contribution in [0, 0.1) is 11.8 Å². The second-order valence-corrected chi connectivity index (χ2v) is 13.5. The summed E-state index contributed by atoms with van der Waals surface area (Å²) in [5.74, 6) is -2.07. The Morgan fingerprint density at radius 3 is 1.52 bits per heavy atom. The van der Waals surface area contributed by atoms with E-state index in [1.165, 1.54) is 6.20 Å². The predicted octanol–water partition coefficient (Wildman–Crippen LogP) is 4.60. The van der Waals surface area contributed by atoms with Crippen molar-refractivity contribution >= 4 is 23.8 Å². The van der Waals surface area contributed by atoms with E-state index in [2.05, 4.69) is 26.3 Å². The van der Waals surface area contributed by atoms with Crippen LogP contribution in [-0.2, 0) is 33.8 Å². The Kier molecular flexibility index (Phi) is 14.9. The molecule has 1 aromatic heterocycles. The van der Waals surface area contributed by atoms with Gasteiger partial charge in [0.25, 0.3) is 5.91 Å². The predicted molar refractivity (Wildman–Crippen MR) is 199 cm³/mol. The van der Waals surface area contributed by atoms with Crippen molar-refractivity contribution in [2.24, 2.45) is 11.8 Å². The number of benzene rings is 3. The highest BCUT2D eigenvalue weighted by Crippen LogP contribution is 2.16. The van der Waals surface area contributed by atoms with E-state index in [1.54, 1.807) is 32.2 Å². The van der Waals surface area contributed by atoms with E-state index in [0.717, 1.165) is 16.7 Å². The van der Waals surface area contributed by atoms with Crippen LogP contribution >= 0.6 is 0 Å². The third kappa shape index (κ3) is 12.1. The Morgan fingerprint density at radius 1 is 0.615 bits per heavy atom. The van der Waals surface area contributed by atoms with Crippen molar-refractivity contribution in [3.63, 3.8) is 0 Å². The van der Waals surface area contributed by atoms with Crippen LogP contribution in [0.15, 0.2) is 116 Å². The first kappa shape index (κ1) is 39.2. The van der Waals surface area contributed by atoms with E-state index in [4.69, 9.17) is 4.74 Å². The average molecular weight is 708 g/mol. The molecule has 274 valence electrons. The summed E-state index contributed by atoms with van der Waals surface area (Å²) < 4.78 is 5.39. The molecule has 0 radical (unpaired) electrons. The molecule has 4 rings (SSSR count). The van der Waals surface area contributed by atoms with Gasteiger partial charge in [0.15, 0.2) is 0 Å². The highest BCUT2D eigenvalue weighted by atomic mass is 16.5. The molecular formula is C41H49N5O6. The molecule has 11 heteroatoms. The van der Waals surface area contributed by atoms with Crippen LogP contribution in [0.3, 0.4) is 0 Å². The van der Waals surface area contributed by atoms with Gasteiger partial charge in [0.2, 0.25) is 11.8 Å². The second kappa shape index (κ2) is 19.7. The number of rotatable bonds is 17. The molecule has 3 aromatic carbocycles. The van der Waals surface area contributed by atoms with Crippen molar-refractivity contribution in [1.82, 2.24) is 26.3 Å². The van der Waals surface area contributed by atoms with Gasteiger partial charge < -0.3 is 31.1 Å². The first-order valence-corrected chi connectivity index (χ1v) is 17.6. The fourth-order valence-electron chi connectivity index (χ4n) is 5.76. The smallest absolute Gasteiger partial charge is 0.408 e. The topological polar surface area (TPSA) is 159 Å². The molecular weight excluding hydrogens is 658 g/mol. The van der Waals surface area contributed by atoms with Crippen molar-refractivity contribution in [2.75, 3.05) is 0 Å². The van der Waals surface area contributed by atoms with Crippen molar-refractivity contribution in [2.45, 2.75) is 77.4 Å². The van der Waals surface area contributed by atoms with Crippen molar-refractivity contribution in [1.29, 1.82) is 0 Å². The number of aromatic nitrogens is 1. The van der Waals surface area contributed by atoms with Crippen molar-refractivity contribution < 1.29 is 29.0 Å². The molecule has 4 amide bonds. The average Bonchev–Trinajstić information content (AvgIpc) is 3.15. The van der Waals surface area contributed by atoms with Crippen LogP contribution in [0.4, 0.5) is 4.79 Å². The summed E-state index contributed by atoms with van der Waals surface area (Å²) in [6.07, 6.45) is 1.39. The molecule has 11 nitrogen and oxygen atoms in total. The van der Waals surface area contributed by atoms with Crippen LogP contribution in [0.2, 0.25) is 0 Å². The maximum atomic E-state index is 13.9. The van der Waals surface area contributed by atoms with E-state index < -0.39 is 54.1 Å². The number of nitrogens with one attached hydrogen (secondary N) is 4. The quantitative estimate of drug-likeness (QED) is 0.107. The van der Waals surface area contributed by atoms with Crippen LogP contribution in [0.5, 0.6) is 0 Å². The molecule has 5 N–H and O–H groups in total. The summed E-state index contributed by atoms with van der Waals surface area (Å²) in [7, 11) is 0. The fourth-order valence-corrected chi connectivity index (χ4v) is 5.76. The zero-order chi connectivity index (χ0) is 37.5. The number of aliphatic hydroxyl groups excluding tert-OH is 1. The van der Waals surface area contributed by atoms with Gasteiger partial charge in [-0.1, -0.05) is 119 Å². The number of hydrogen-bond donors (Lipinski definition) is 5. The van der Waals surface area contributed by atoms with E-state index in [0.29, 0.717) is 5.56 Å². The lowest BCUT2D eigenvalue weighted by Crippen LogP contribution is -2.61. The van der Waals surface area contributed by atoms with Crippen LogP contribution in [0.25, 0.3) is 0 Å². The summed E-state index contributed by atoms with van der Waals surface area (Å²) in [4.78, 5) is 57.7. The number of nitrogens with zero attached hydrogens (tertiary/aromatic N) is 1. The van der Waals surface area contributed by atoms with Crippen LogP contribution in [-0.4, -0.2) is 64.2 Å².